The first-order valence-electron chi connectivity index (χ1n) is 6.38. The lowest BCUT2D eigenvalue weighted by Gasteiger charge is -2.04. The molecule has 0 aliphatic carbocycles. The first-order chi connectivity index (χ1) is 10.2. The zero-order valence-electron chi connectivity index (χ0n) is 11.6. The largest absolute Gasteiger partial charge is 0.384 e. The molecule has 21 heavy (non-hydrogen) atoms. The van der Waals surface area contributed by atoms with Gasteiger partial charge in [0.05, 0.1) is 5.56 Å². The monoisotopic (exact) mass is 285 g/mol. The van der Waals surface area contributed by atoms with E-state index in [1.165, 1.54) is 6.20 Å². The zero-order valence-corrected chi connectivity index (χ0v) is 11.6. The van der Waals surface area contributed by atoms with Crippen molar-refractivity contribution in [3.63, 3.8) is 0 Å². The molecule has 0 aliphatic rings. The van der Waals surface area contributed by atoms with Crippen LogP contribution in [0.5, 0.6) is 0 Å². The number of aliphatic hydroxyl groups excluding tert-OH is 1. The Balaban J connectivity index is 1.97. The predicted molar refractivity (Wildman–Crippen MR) is 75.2 cm³/mol. The number of pyridine rings is 1. The number of aryl methyl sites for hydroxylation is 1. The van der Waals surface area contributed by atoms with E-state index in [0.717, 1.165) is 0 Å². The van der Waals surface area contributed by atoms with Crippen LogP contribution in [0, 0.1) is 11.8 Å². The minimum absolute atomic E-state index is 0.243. The second-order valence-corrected chi connectivity index (χ2v) is 4.20. The Bertz CT molecular complexity index is 684. The number of amides is 1. The van der Waals surface area contributed by atoms with Crippen LogP contribution in [0.4, 0.5) is 0 Å². The Morgan fingerprint density at radius 3 is 3.05 bits per heavy atom. The van der Waals surface area contributed by atoms with Gasteiger partial charge in [-0.25, -0.2) is 9.97 Å². The summed E-state index contributed by atoms with van der Waals surface area (Å²) in [6.07, 6.45) is 3.68. The quantitative estimate of drug-likeness (QED) is 0.741. The van der Waals surface area contributed by atoms with Crippen LogP contribution in [0.2, 0.25) is 0 Å². The minimum atomic E-state index is -0.311. The summed E-state index contributed by atoms with van der Waals surface area (Å²) in [6.45, 7) is 0.146. The fourth-order valence-corrected chi connectivity index (χ4v) is 1.69. The highest BCUT2D eigenvalue weighted by Crippen LogP contribution is 2.03. The molecule has 0 saturated heterocycles. The number of hydrogen-bond acceptors (Lipinski definition) is 5. The third-order valence-corrected chi connectivity index (χ3v) is 2.61. The second-order valence-electron chi connectivity index (χ2n) is 4.20. The standard InChI is InChI=1S/C14H15N5O2/c1-19-10-17-12(18-19)6-8-16-14(21)13-11(5-3-9-20)4-2-7-15-13/h2,4,7,10,20H,6,8-9H2,1H3,(H,16,21). The van der Waals surface area contributed by atoms with Crippen molar-refractivity contribution in [1.29, 1.82) is 0 Å². The van der Waals surface area contributed by atoms with Crippen LogP contribution in [-0.4, -0.2) is 43.9 Å². The molecular weight excluding hydrogens is 270 g/mol. The lowest BCUT2D eigenvalue weighted by molar-refractivity contribution is 0.0949. The number of aliphatic hydroxyl groups is 1. The molecule has 0 saturated carbocycles. The molecule has 0 fully saturated rings. The van der Waals surface area contributed by atoms with Crippen LogP contribution in [0.15, 0.2) is 24.7 Å². The molecule has 2 aromatic rings. The Hall–Kier alpha value is -2.72. The number of nitrogens with one attached hydrogen (secondary N) is 1. The van der Waals surface area contributed by atoms with Gasteiger partial charge in [-0.05, 0) is 12.1 Å². The Labute approximate surface area is 122 Å². The highest BCUT2D eigenvalue weighted by molar-refractivity contribution is 5.94. The summed E-state index contributed by atoms with van der Waals surface area (Å²) in [7, 11) is 1.79. The van der Waals surface area contributed by atoms with E-state index in [1.54, 1.807) is 30.2 Å². The van der Waals surface area contributed by atoms with Crippen molar-refractivity contribution >= 4 is 5.91 Å². The molecule has 2 heterocycles. The van der Waals surface area contributed by atoms with Crippen LogP contribution < -0.4 is 5.32 Å². The predicted octanol–water partition coefficient (Wildman–Crippen LogP) is -0.474. The highest BCUT2D eigenvalue weighted by atomic mass is 16.2. The van der Waals surface area contributed by atoms with Gasteiger partial charge >= 0.3 is 0 Å². The maximum absolute atomic E-state index is 12.1. The van der Waals surface area contributed by atoms with E-state index < -0.39 is 0 Å². The van der Waals surface area contributed by atoms with E-state index in [9.17, 15) is 4.79 Å². The summed E-state index contributed by atoms with van der Waals surface area (Å²) < 4.78 is 1.61. The van der Waals surface area contributed by atoms with Crippen molar-refractivity contribution in [2.45, 2.75) is 6.42 Å². The number of nitrogens with zero attached hydrogens (tertiary/aromatic N) is 4. The van der Waals surface area contributed by atoms with Crippen molar-refractivity contribution in [1.82, 2.24) is 25.1 Å². The average Bonchev–Trinajstić information content (AvgIpc) is 2.91. The molecule has 0 spiro atoms. The maximum Gasteiger partial charge on any atom is 0.271 e. The van der Waals surface area contributed by atoms with Crippen LogP contribution >= 0.6 is 0 Å². The van der Waals surface area contributed by atoms with E-state index in [0.29, 0.717) is 24.4 Å². The summed E-state index contributed by atoms with van der Waals surface area (Å²) in [5.74, 6) is 5.57. The zero-order chi connectivity index (χ0) is 15.1. The number of rotatable bonds is 4. The summed E-state index contributed by atoms with van der Waals surface area (Å²) >= 11 is 0. The minimum Gasteiger partial charge on any atom is -0.384 e. The molecule has 0 aliphatic heterocycles. The number of aromatic nitrogens is 4. The third kappa shape index (κ3) is 4.12. The Morgan fingerprint density at radius 1 is 1.48 bits per heavy atom. The maximum atomic E-state index is 12.1. The fourth-order valence-electron chi connectivity index (χ4n) is 1.69. The van der Waals surface area contributed by atoms with Gasteiger partial charge in [0.1, 0.15) is 18.6 Å². The molecule has 0 aromatic carbocycles. The molecule has 108 valence electrons. The smallest absolute Gasteiger partial charge is 0.271 e. The summed E-state index contributed by atoms with van der Waals surface area (Å²) in [5.41, 5.74) is 0.729. The van der Waals surface area contributed by atoms with Gasteiger partial charge in [-0.3, -0.25) is 9.48 Å². The molecule has 1 amide bonds. The first-order valence-corrected chi connectivity index (χ1v) is 6.38. The lowest BCUT2D eigenvalue weighted by Crippen LogP contribution is -2.27. The van der Waals surface area contributed by atoms with Gasteiger partial charge < -0.3 is 10.4 Å². The van der Waals surface area contributed by atoms with Crippen molar-refractivity contribution in [2.24, 2.45) is 7.05 Å². The van der Waals surface area contributed by atoms with Gasteiger partial charge in [0, 0.05) is 26.2 Å². The molecule has 7 nitrogen and oxygen atoms in total. The van der Waals surface area contributed by atoms with Crippen LogP contribution in [0.1, 0.15) is 21.9 Å². The molecule has 2 rings (SSSR count). The van der Waals surface area contributed by atoms with Crippen molar-refractivity contribution in [2.75, 3.05) is 13.2 Å². The van der Waals surface area contributed by atoms with Gasteiger partial charge in [0.15, 0.2) is 5.82 Å². The summed E-state index contributed by atoms with van der Waals surface area (Å²) in [5, 5.41) is 15.6. The molecule has 0 atom stereocenters. The topological polar surface area (TPSA) is 92.9 Å². The average molecular weight is 285 g/mol. The fraction of sp³-hybridized carbons (Fsp3) is 0.286. The normalized spacial score (nSPS) is 9.81. The molecule has 0 radical (unpaired) electrons. The van der Waals surface area contributed by atoms with Gasteiger partial charge in [0.2, 0.25) is 0 Å². The van der Waals surface area contributed by atoms with E-state index >= 15 is 0 Å². The van der Waals surface area contributed by atoms with Crippen LogP contribution in [0.3, 0.4) is 0 Å². The van der Waals surface area contributed by atoms with Gasteiger partial charge in [0.25, 0.3) is 5.91 Å². The van der Waals surface area contributed by atoms with Crippen LogP contribution in [-0.2, 0) is 13.5 Å². The number of carbonyl (C=O) groups is 1. The second kappa shape index (κ2) is 7.17. The molecular formula is C14H15N5O2. The van der Waals surface area contributed by atoms with Gasteiger partial charge in [-0.1, -0.05) is 11.8 Å². The van der Waals surface area contributed by atoms with Gasteiger partial charge in [-0.15, -0.1) is 0 Å². The van der Waals surface area contributed by atoms with Gasteiger partial charge in [-0.2, -0.15) is 5.10 Å². The Morgan fingerprint density at radius 2 is 2.33 bits per heavy atom. The first kappa shape index (κ1) is 14.7. The Kier molecular flexibility index (Phi) is 5.01. The van der Waals surface area contributed by atoms with E-state index in [2.05, 4.69) is 32.2 Å². The van der Waals surface area contributed by atoms with E-state index in [4.69, 9.17) is 5.11 Å². The number of carbonyl (C=O) groups excluding carboxylic acids is 1. The summed E-state index contributed by atoms with van der Waals surface area (Å²) in [4.78, 5) is 20.2. The van der Waals surface area contributed by atoms with Crippen molar-refractivity contribution in [3.05, 3.63) is 41.7 Å². The molecule has 0 bridgehead atoms. The van der Waals surface area contributed by atoms with Crippen molar-refractivity contribution < 1.29 is 9.90 Å². The molecule has 0 unspecified atom stereocenters. The van der Waals surface area contributed by atoms with E-state index in [1.807, 2.05) is 0 Å². The van der Waals surface area contributed by atoms with Crippen LogP contribution in [0.25, 0.3) is 0 Å². The SMILES string of the molecule is Cn1cnc(CCNC(=O)c2ncccc2C#CCO)n1. The molecule has 2 N–H and O–H groups in total. The summed E-state index contributed by atoms with van der Waals surface area (Å²) in [6, 6.07) is 3.38. The molecule has 7 heteroatoms. The highest BCUT2D eigenvalue weighted by Gasteiger charge is 2.11. The molecule has 2 aromatic heterocycles. The number of hydrogen-bond donors (Lipinski definition) is 2. The van der Waals surface area contributed by atoms with Crippen molar-refractivity contribution in [3.8, 4) is 11.8 Å². The third-order valence-electron chi connectivity index (χ3n) is 2.61. The lowest BCUT2D eigenvalue weighted by atomic mass is 10.2. The van der Waals surface area contributed by atoms with E-state index in [-0.39, 0.29) is 18.2 Å².